The number of nitrogens with zero attached hydrogens (tertiary/aromatic N) is 1. The number of hydrogen-bond donors (Lipinski definition) is 1. The number of ether oxygens (including phenoxy) is 1. The molecular weight excluding hydrogens is 359 g/mol. The van der Waals surface area contributed by atoms with Crippen molar-refractivity contribution in [2.24, 2.45) is 0 Å². The maximum atomic E-state index is 14.0. The third-order valence-electron chi connectivity index (χ3n) is 5.24. The molecule has 3 nitrogen and oxygen atoms in total. The fraction of sp³-hybridized carbons (Fsp3) is 0.667. The summed E-state index contributed by atoms with van der Waals surface area (Å²) < 4.78 is 20.3. The van der Waals surface area contributed by atoms with Crippen molar-refractivity contribution in [3.05, 3.63) is 34.1 Å². The van der Waals surface area contributed by atoms with Crippen LogP contribution in [0.25, 0.3) is 0 Å². The molecule has 128 valence electrons. The Kier molecular flexibility index (Phi) is 6.07. The summed E-state index contributed by atoms with van der Waals surface area (Å²) in [6.45, 7) is 5.54. The number of likely N-dealkylation sites (tertiary alicyclic amines) is 1. The summed E-state index contributed by atoms with van der Waals surface area (Å²) in [5, 5.41) is 3.52. The first-order valence-electron chi connectivity index (χ1n) is 8.67. The molecule has 0 spiro atoms. The lowest BCUT2D eigenvalue weighted by molar-refractivity contribution is -0.0358. The van der Waals surface area contributed by atoms with Gasteiger partial charge in [-0.25, -0.2) is 4.39 Å². The summed E-state index contributed by atoms with van der Waals surface area (Å²) in [4.78, 5) is 2.66. The van der Waals surface area contributed by atoms with Crippen molar-refractivity contribution in [1.82, 2.24) is 10.2 Å². The molecule has 0 radical (unpaired) electrons. The number of rotatable bonds is 5. The van der Waals surface area contributed by atoms with Gasteiger partial charge in [-0.15, -0.1) is 0 Å². The molecule has 1 N–H and O–H groups in total. The van der Waals surface area contributed by atoms with Gasteiger partial charge in [0.2, 0.25) is 0 Å². The van der Waals surface area contributed by atoms with Crippen LogP contribution in [0.15, 0.2) is 22.7 Å². The summed E-state index contributed by atoms with van der Waals surface area (Å²) in [5.41, 5.74) is 0.916. The Morgan fingerprint density at radius 1 is 1.17 bits per heavy atom. The molecule has 2 aliphatic heterocycles. The van der Waals surface area contributed by atoms with Crippen molar-refractivity contribution in [3.8, 4) is 0 Å². The van der Waals surface area contributed by atoms with E-state index in [0.29, 0.717) is 6.54 Å². The Morgan fingerprint density at radius 2 is 1.91 bits per heavy atom. The summed E-state index contributed by atoms with van der Waals surface area (Å²) >= 11 is 3.31. The first kappa shape index (κ1) is 17.3. The van der Waals surface area contributed by atoms with Gasteiger partial charge in [0.25, 0.3) is 0 Å². The van der Waals surface area contributed by atoms with Crippen LogP contribution in [0.5, 0.6) is 0 Å². The van der Waals surface area contributed by atoms with Crippen molar-refractivity contribution >= 4 is 15.9 Å². The van der Waals surface area contributed by atoms with Gasteiger partial charge in [0.05, 0.1) is 0 Å². The topological polar surface area (TPSA) is 24.5 Å². The van der Waals surface area contributed by atoms with E-state index in [1.807, 2.05) is 12.1 Å². The summed E-state index contributed by atoms with van der Waals surface area (Å²) in [7, 11) is 0. The molecule has 23 heavy (non-hydrogen) atoms. The van der Waals surface area contributed by atoms with Crippen molar-refractivity contribution in [2.75, 3.05) is 32.8 Å². The van der Waals surface area contributed by atoms with Gasteiger partial charge < -0.3 is 10.1 Å². The molecule has 2 aliphatic rings. The maximum absolute atomic E-state index is 14.0. The van der Waals surface area contributed by atoms with Gasteiger partial charge in [0, 0.05) is 41.9 Å². The molecule has 1 aromatic carbocycles. The Hall–Kier alpha value is -0.490. The molecule has 0 amide bonds. The fourth-order valence-corrected chi connectivity index (χ4v) is 4.15. The number of nitrogens with one attached hydrogen (secondary N) is 1. The van der Waals surface area contributed by atoms with Crippen LogP contribution in [0.3, 0.4) is 0 Å². The van der Waals surface area contributed by atoms with Gasteiger partial charge in [-0.1, -0.05) is 28.4 Å². The largest absolute Gasteiger partial charge is 0.381 e. The highest BCUT2D eigenvalue weighted by atomic mass is 79.9. The van der Waals surface area contributed by atoms with E-state index in [2.05, 4.69) is 26.1 Å². The van der Waals surface area contributed by atoms with Crippen LogP contribution in [0, 0.1) is 5.82 Å². The molecule has 0 aromatic heterocycles. The molecule has 2 heterocycles. The molecule has 0 unspecified atom stereocenters. The third-order valence-corrected chi connectivity index (χ3v) is 5.73. The number of piperidine rings is 1. The number of halogens is 2. The molecule has 2 fully saturated rings. The van der Waals surface area contributed by atoms with E-state index in [-0.39, 0.29) is 11.4 Å². The maximum Gasteiger partial charge on any atom is 0.128 e. The van der Waals surface area contributed by atoms with Crippen LogP contribution >= 0.6 is 15.9 Å². The van der Waals surface area contributed by atoms with E-state index < -0.39 is 0 Å². The standard InChI is InChI=1S/C18H26BrFN2O/c19-16-5-4-15(17(20)12-16)13-21-14-18(6-10-23-11-7-18)22-8-2-1-3-9-22/h4-5,12,21H,1-3,6-11,13-14H2. The molecule has 2 saturated heterocycles. The molecule has 0 atom stereocenters. The molecule has 0 aliphatic carbocycles. The normalized spacial score (nSPS) is 22.2. The van der Waals surface area contributed by atoms with Gasteiger partial charge >= 0.3 is 0 Å². The second-order valence-electron chi connectivity index (χ2n) is 6.72. The van der Waals surface area contributed by atoms with Gasteiger partial charge in [-0.3, -0.25) is 4.90 Å². The number of benzene rings is 1. The molecule has 0 bridgehead atoms. The second kappa shape index (κ2) is 8.06. The lowest BCUT2D eigenvalue weighted by atomic mass is 9.86. The minimum Gasteiger partial charge on any atom is -0.381 e. The molecular formula is C18H26BrFN2O. The Labute approximate surface area is 146 Å². The van der Waals surface area contributed by atoms with Crippen molar-refractivity contribution in [3.63, 3.8) is 0 Å². The van der Waals surface area contributed by atoms with Crippen LogP contribution in [-0.4, -0.2) is 43.3 Å². The molecule has 0 saturated carbocycles. The van der Waals surface area contributed by atoms with Crippen molar-refractivity contribution in [2.45, 2.75) is 44.2 Å². The fourth-order valence-electron chi connectivity index (χ4n) is 3.82. The molecule has 5 heteroatoms. The average Bonchev–Trinajstić information content (AvgIpc) is 2.58. The highest BCUT2D eigenvalue weighted by Gasteiger charge is 2.38. The first-order valence-corrected chi connectivity index (χ1v) is 9.46. The summed E-state index contributed by atoms with van der Waals surface area (Å²) in [6, 6.07) is 5.28. The zero-order valence-electron chi connectivity index (χ0n) is 13.6. The predicted molar refractivity (Wildman–Crippen MR) is 94.0 cm³/mol. The SMILES string of the molecule is Fc1cc(Br)ccc1CNCC1(N2CCCCC2)CCOCC1. The van der Waals surface area contributed by atoms with Gasteiger partial charge in [-0.05, 0) is 50.9 Å². The van der Waals surface area contributed by atoms with E-state index >= 15 is 0 Å². The minimum atomic E-state index is -0.147. The third kappa shape index (κ3) is 4.32. The van der Waals surface area contributed by atoms with Crippen molar-refractivity contribution < 1.29 is 9.13 Å². The van der Waals surface area contributed by atoms with E-state index in [4.69, 9.17) is 4.74 Å². The van der Waals surface area contributed by atoms with Gasteiger partial charge in [0.15, 0.2) is 0 Å². The van der Waals surface area contributed by atoms with E-state index in [9.17, 15) is 4.39 Å². The minimum absolute atomic E-state index is 0.147. The molecule has 3 rings (SSSR count). The van der Waals surface area contributed by atoms with Gasteiger partial charge in [0.1, 0.15) is 5.82 Å². The molecule has 1 aromatic rings. The Bertz CT molecular complexity index is 514. The highest BCUT2D eigenvalue weighted by Crippen LogP contribution is 2.30. The average molecular weight is 385 g/mol. The Morgan fingerprint density at radius 3 is 2.61 bits per heavy atom. The van der Waals surface area contributed by atoms with Crippen LogP contribution in [0.1, 0.15) is 37.7 Å². The second-order valence-corrected chi connectivity index (χ2v) is 7.64. The van der Waals surface area contributed by atoms with Crippen LogP contribution in [0.4, 0.5) is 4.39 Å². The zero-order chi connectivity index (χ0) is 16.1. The van der Waals surface area contributed by atoms with Crippen LogP contribution in [0.2, 0.25) is 0 Å². The van der Waals surface area contributed by atoms with Crippen LogP contribution < -0.4 is 5.32 Å². The van der Waals surface area contributed by atoms with Crippen molar-refractivity contribution in [1.29, 1.82) is 0 Å². The zero-order valence-corrected chi connectivity index (χ0v) is 15.2. The first-order chi connectivity index (χ1) is 11.2. The number of hydrogen-bond acceptors (Lipinski definition) is 3. The van der Waals surface area contributed by atoms with E-state index in [1.54, 1.807) is 0 Å². The van der Waals surface area contributed by atoms with Crippen LogP contribution in [-0.2, 0) is 11.3 Å². The predicted octanol–water partition coefficient (Wildman–Crippen LogP) is 3.71. The van der Waals surface area contributed by atoms with Gasteiger partial charge in [-0.2, -0.15) is 0 Å². The van der Waals surface area contributed by atoms with E-state index in [1.165, 1.54) is 38.4 Å². The smallest absolute Gasteiger partial charge is 0.128 e. The monoisotopic (exact) mass is 384 g/mol. The highest BCUT2D eigenvalue weighted by molar-refractivity contribution is 9.10. The van der Waals surface area contributed by atoms with E-state index in [0.717, 1.165) is 42.6 Å². The lowest BCUT2D eigenvalue weighted by Crippen LogP contribution is -2.59. The summed E-state index contributed by atoms with van der Waals surface area (Å²) in [5.74, 6) is -0.147. The Balaban J connectivity index is 1.62. The lowest BCUT2D eigenvalue weighted by Gasteiger charge is -2.48. The quantitative estimate of drug-likeness (QED) is 0.837. The summed E-state index contributed by atoms with van der Waals surface area (Å²) in [6.07, 6.45) is 6.08.